The highest BCUT2D eigenvalue weighted by Crippen LogP contribution is 2.03. The summed E-state index contributed by atoms with van der Waals surface area (Å²) in [6.07, 6.45) is 2.42. The third-order valence-corrected chi connectivity index (χ3v) is 4.91. The van der Waals surface area contributed by atoms with Crippen molar-refractivity contribution in [3.05, 3.63) is 35.4 Å². The Labute approximate surface area is 153 Å². The smallest absolute Gasteiger partial charge is 0.191 e. The van der Waals surface area contributed by atoms with Crippen LogP contribution in [0, 0.1) is 6.92 Å². The maximum atomic E-state index is 4.30. The van der Waals surface area contributed by atoms with Gasteiger partial charge in [-0.3, -0.25) is 4.99 Å². The van der Waals surface area contributed by atoms with Crippen molar-refractivity contribution in [3.63, 3.8) is 0 Å². The van der Waals surface area contributed by atoms with Gasteiger partial charge in [-0.05, 0) is 38.4 Å². The average Bonchev–Trinajstić information content (AvgIpc) is 2.65. The van der Waals surface area contributed by atoms with Crippen LogP contribution in [0.4, 0.5) is 0 Å². The molecule has 0 aromatic heterocycles. The molecule has 140 valence electrons. The number of aliphatic imine (C=N–C) groups is 1. The zero-order valence-corrected chi connectivity index (χ0v) is 16.2. The number of piperazine rings is 1. The SMILES string of the molecule is CCN1CCN(CCCCNC(=NC)NCc2ccc(C)cc2)CC1. The Hall–Kier alpha value is -1.59. The van der Waals surface area contributed by atoms with Crippen LogP contribution in [-0.2, 0) is 6.54 Å². The van der Waals surface area contributed by atoms with Crippen LogP contribution in [0.3, 0.4) is 0 Å². The summed E-state index contributed by atoms with van der Waals surface area (Å²) in [7, 11) is 1.83. The van der Waals surface area contributed by atoms with E-state index in [1.54, 1.807) is 0 Å². The van der Waals surface area contributed by atoms with Crippen molar-refractivity contribution in [1.29, 1.82) is 0 Å². The zero-order valence-electron chi connectivity index (χ0n) is 16.2. The second-order valence-electron chi connectivity index (χ2n) is 6.82. The lowest BCUT2D eigenvalue weighted by Gasteiger charge is -2.34. The summed E-state index contributed by atoms with van der Waals surface area (Å²) in [5.74, 6) is 0.886. The van der Waals surface area contributed by atoms with Gasteiger partial charge in [-0.1, -0.05) is 36.8 Å². The molecule has 0 bridgehead atoms. The van der Waals surface area contributed by atoms with E-state index in [0.717, 1.165) is 19.0 Å². The largest absolute Gasteiger partial charge is 0.356 e. The van der Waals surface area contributed by atoms with Gasteiger partial charge in [-0.15, -0.1) is 0 Å². The summed E-state index contributed by atoms with van der Waals surface area (Å²) in [4.78, 5) is 9.43. The maximum Gasteiger partial charge on any atom is 0.191 e. The van der Waals surface area contributed by atoms with Crippen LogP contribution in [0.5, 0.6) is 0 Å². The van der Waals surface area contributed by atoms with Crippen LogP contribution in [-0.4, -0.2) is 68.6 Å². The molecule has 0 saturated carbocycles. The van der Waals surface area contributed by atoms with Crippen LogP contribution in [0.1, 0.15) is 30.9 Å². The highest BCUT2D eigenvalue weighted by atomic mass is 15.3. The van der Waals surface area contributed by atoms with Gasteiger partial charge < -0.3 is 20.4 Å². The summed E-state index contributed by atoms with van der Waals surface area (Å²) in [6.45, 7) is 13.4. The number of guanidine groups is 1. The van der Waals surface area contributed by atoms with Crippen LogP contribution in [0.2, 0.25) is 0 Å². The van der Waals surface area contributed by atoms with E-state index in [0.29, 0.717) is 0 Å². The van der Waals surface area contributed by atoms with E-state index >= 15 is 0 Å². The van der Waals surface area contributed by atoms with Crippen LogP contribution >= 0.6 is 0 Å². The summed E-state index contributed by atoms with van der Waals surface area (Å²) in [5, 5.41) is 6.80. The van der Waals surface area contributed by atoms with E-state index in [1.165, 1.54) is 63.2 Å². The molecule has 0 amide bonds. The number of benzene rings is 1. The molecule has 25 heavy (non-hydrogen) atoms. The third kappa shape index (κ3) is 7.45. The molecule has 2 rings (SSSR count). The molecule has 1 fully saturated rings. The first kappa shape index (κ1) is 19.7. The summed E-state index contributed by atoms with van der Waals surface area (Å²) < 4.78 is 0. The molecule has 1 aromatic rings. The van der Waals surface area contributed by atoms with E-state index in [-0.39, 0.29) is 0 Å². The molecule has 5 heteroatoms. The van der Waals surface area contributed by atoms with Gasteiger partial charge in [0, 0.05) is 46.3 Å². The lowest BCUT2D eigenvalue weighted by atomic mass is 10.1. The zero-order chi connectivity index (χ0) is 17.9. The van der Waals surface area contributed by atoms with E-state index in [1.807, 2.05) is 7.05 Å². The van der Waals surface area contributed by atoms with E-state index in [4.69, 9.17) is 0 Å². The van der Waals surface area contributed by atoms with Gasteiger partial charge in [0.2, 0.25) is 0 Å². The quantitative estimate of drug-likeness (QED) is 0.430. The van der Waals surface area contributed by atoms with Gasteiger partial charge in [0.05, 0.1) is 0 Å². The second-order valence-corrected chi connectivity index (χ2v) is 6.82. The fraction of sp³-hybridized carbons (Fsp3) is 0.650. The maximum absolute atomic E-state index is 4.30. The highest BCUT2D eigenvalue weighted by molar-refractivity contribution is 5.79. The summed E-state index contributed by atoms with van der Waals surface area (Å²) in [6, 6.07) is 8.61. The van der Waals surface area contributed by atoms with Gasteiger partial charge >= 0.3 is 0 Å². The lowest BCUT2D eigenvalue weighted by molar-refractivity contribution is 0.136. The van der Waals surface area contributed by atoms with Crippen molar-refractivity contribution in [2.24, 2.45) is 4.99 Å². The number of nitrogens with one attached hydrogen (secondary N) is 2. The Balaban J connectivity index is 1.54. The number of unbranched alkanes of at least 4 members (excludes halogenated alkanes) is 1. The van der Waals surface area contributed by atoms with Crippen molar-refractivity contribution in [3.8, 4) is 0 Å². The molecule has 0 atom stereocenters. The molecule has 0 spiro atoms. The van der Waals surface area contributed by atoms with Crippen LogP contribution in [0.25, 0.3) is 0 Å². The Bertz CT molecular complexity index is 503. The average molecular weight is 346 g/mol. The molecule has 0 radical (unpaired) electrons. The first-order valence-corrected chi connectivity index (χ1v) is 9.66. The van der Waals surface area contributed by atoms with E-state index in [9.17, 15) is 0 Å². The number of nitrogens with zero attached hydrogens (tertiary/aromatic N) is 3. The molecule has 1 heterocycles. The first-order chi connectivity index (χ1) is 12.2. The predicted octanol–water partition coefficient (Wildman–Crippen LogP) is 2.08. The molecule has 2 N–H and O–H groups in total. The minimum atomic E-state index is 0.807. The first-order valence-electron chi connectivity index (χ1n) is 9.66. The number of aryl methyl sites for hydroxylation is 1. The van der Waals surface area contributed by atoms with E-state index < -0.39 is 0 Å². The molecule has 1 aromatic carbocycles. The van der Waals surface area contributed by atoms with Crippen molar-refractivity contribution < 1.29 is 0 Å². The van der Waals surface area contributed by atoms with Gasteiger partial charge in [-0.25, -0.2) is 0 Å². The molecular formula is C20H35N5. The number of hydrogen-bond acceptors (Lipinski definition) is 3. The normalized spacial score (nSPS) is 16.8. The van der Waals surface area contributed by atoms with Gasteiger partial charge in [0.15, 0.2) is 5.96 Å². The Morgan fingerprint density at radius 2 is 1.68 bits per heavy atom. The molecule has 1 saturated heterocycles. The van der Waals surface area contributed by atoms with Crippen molar-refractivity contribution in [2.75, 3.05) is 52.9 Å². The molecule has 1 aliphatic rings. The number of hydrogen-bond donors (Lipinski definition) is 2. The third-order valence-electron chi connectivity index (χ3n) is 4.91. The van der Waals surface area contributed by atoms with E-state index in [2.05, 4.69) is 63.5 Å². The summed E-state index contributed by atoms with van der Waals surface area (Å²) >= 11 is 0. The number of likely N-dealkylation sites (N-methyl/N-ethyl adjacent to an activating group) is 1. The van der Waals surface area contributed by atoms with Gasteiger partial charge in [0.25, 0.3) is 0 Å². The van der Waals surface area contributed by atoms with Crippen LogP contribution < -0.4 is 10.6 Å². The summed E-state index contributed by atoms with van der Waals surface area (Å²) in [5.41, 5.74) is 2.57. The van der Waals surface area contributed by atoms with Crippen molar-refractivity contribution in [1.82, 2.24) is 20.4 Å². The highest BCUT2D eigenvalue weighted by Gasteiger charge is 2.14. The van der Waals surface area contributed by atoms with Crippen molar-refractivity contribution >= 4 is 5.96 Å². The fourth-order valence-electron chi connectivity index (χ4n) is 3.11. The topological polar surface area (TPSA) is 42.9 Å². The monoisotopic (exact) mass is 345 g/mol. The number of rotatable bonds is 8. The standard InChI is InChI=1S/C20H35N5/c1-4-24-13-15-25(16-14-24)12-6-5-11-22-20(21-3)23-17-19-9-7-18(2)8-10-19/h7-10H,4-6,11-17H2,1-3H3,(H2,21,22,23). The van der Waals surface area contributed by atoms with Crippen molar-refractivity contribution in [2.45, 2.75) is 33.2 Å². The minimum absolute atomic E-state index is 0.807. The minimum Gasteiger partial charge on any atom is -0.356 e. The molecule has 5 nitrogen and oxygen atoms in total. The van der Waals surface area contributed by atoms with Gasteiger partial charge in [-0.2, -0.15) is 0 Å². The Morgan fingerprint density at radius 3 is 2.32 bits per heavy atom. The van der Waals surface area contributed by atoms with Gasteiger partial charge in [0.1, 0.15) is 0 Å². The fourth-order valence-corrected chi connectivity index (χ4v) is 3.11. The molecule has 0 unspecified atom stereocenters. The molecule has 1 aliphatic heterocycles. The Kier molecular flexibility index (Phi) is 8.77. The lowest BCUT2D eigenvalue weighted by Crippen LogP contribution is -2.46. The molecule has 0 aliphatic carbocycles. The predicted molar refractivity (Wildman–Crippen MR) is 107 cm³/mol. The second kappa shape index (κ2) is 11.1. The molecular weight excluding hydrogens is 310 g/mol. The van der Waals surface area contributed by atoms with Crippen LogP contribution in [0.15, 0.2) is 29.3 Å². The Morgan fingerprint density at radius 1 is 1.00 bits per heavy atom.